The molecule has 7 rings (SSSR count). The van der Waals surface area contributed by atoms with E-state index in [0.29, 0.717) is 36.5 Å². The topological polar surface area (TPSA) is 56.7 Å². The van der Waals surface area contributed by atoms with Crippen molar-refractivity contribution in [3.8, 4) is 17.1 Å². The van der Waals surface area contributed by atoms with Crippen molar-refractivity contribution >= 4 is 46.3 Å². The van der Waals surface area contributed by atoms with Crippen LogP contribution in [0.25, 0.3) is 23.1 Å². The van der Waals surface area contributed by atoms with Crippen molar-refractivity contribution in [3.63, 3.8) is 0 Å². The maximum atomic E-state index is 14.0. The summed E-state index contributed by atoms with van der Waals surface area (Å²) in [5, 5.41) is 0.879. The normalized spacial score (nSPS) is 16.3. The van der Waals surface area contributed by atoms with Gasteiger partial charge in [0.2, 0.25) is 0 Å². The minimum atomic E-state index is -0.259. The highest BCUT2D eigenvalue weighted by atomic mass is 35.5. The molecule has 3 heterocycles. The highest BCUT2D eigenvalue weighted by molar-refractivity contribution is 7.07. The van der Waals surface area contributed by atoms with Gasteiger partial charge in [-0.2, -0.15) is 0 Å². The molecule has 0 bridgehead atoms. The van der Waals surface area contributed by atoms with Crippen molar-refractivity contribution in [2.45, 2.75) is 18.9 Å². The molecule has 0 amide bonds. The summed E-state index contributed by atoms with van der Waals surface area (Å²) in [7, 11) is 1.65. The van der Waals surface area contributed by atoms with Crippen LogP contribution in [0.4, 0.5) is 0 Å². The molecule has 0 unspecified atom stereocenters. The number of halogens is 2. The van der Waals surface area contributed by atoms with E-state index in [1.165, 1.54) is 16.9 Å². The Morgan fingerprint density at radius 1 is 0.975 bits per heavy atom. The molecule has 1 aliphatic carbocycles. The fourth-order valence-corrected chi connectivity index (χ4v) is 6.88. The molecule has 40 heavy (non-hydrogen) atoms. The third-order valence-corrected chi connectivity index (χ3v) is 9.22. The zero-order valence-electron chi connectivity index (χ0n) is 21.4. The van der Waals surface area contributed by atoms with E-state index in [9.17, 15) is 4.79 Å². The van der Waals surface area contributed by atoms with E-state index < -0.39 is 0 Å². The molecule has 8 heteroatoms. The van der Waals surface area contributed by atoms with E-state index in [0.717, 1.165) is 41.0 Å². The summed E-state index contributed by atoms with van der Waals surface area (Å²) in [5.41, 5.74) is 6.14. The van der Waals surface area contributed by atoms with Gasteiger partial charge in [-0.3, -0.25) is 9.36 Å². The number of benzene rings is 3. The van der Waals surface area contributed by atoms with Gasteiger partial charge < -0.3 is 9.15 Å². The summed E-state index contributed by atoms with van der Waals surface area (Å²) >= 11 is 14.0. The summed E-state index contributed by atoms with van der Waals surface area (Å²) in [4.78, 5) is 19.7. The second-order valence-electron chi connectivity index (χ2n) is 9.69. The smallest absolute Gasteiger partial charge is 0.271 e. The lowest BCUT2D eigenvalue weighted by Crippen LogP contribution is -2.38. The van der Waals surface area contributed by atoms with E-state index in [-0.39, 0.29) is 11.6 Å². The van der Waals surface area contributed by atoms with Crippen LogP contribution in [-0.4, -0.2) is 11.7 Å². The van der Waals surface area contributed by atoms with Crippen molar-refractivity contribution < 1.29 is 9.15 Å². The lowest BCUT2D eigenvalue weighted by atomic mass is 9.83. The van der Waals surface area contributed by atoms with E-state index in [2.05, 4.69) is 18.2 Å². The molecule has 5 nitrogen and oxygen atoms in total. The van der Waals surface area contributed by atoms with Crippen LogP contribution >= 0.6 is 34.5 Å². The Morgan fingerprint density at radius 2 is 1.77 bits per heavy atom. The number of aryl methyl sites for hydroxylation is 1. The molecular weight excluding hydrogens is 563 g/mol. The SMILES string of the molecule is COc1ccc([C@H]2C3=C(N=c4s/c(=C\c5ccc(-c6cccc(Cl)c6Cl)o5)c(=O)n42)c2ccccc2CC3)cc1. The molecule has 5 aromatic rings. The van der Waals surface area contributed by atoms with Crippen LogP contribution in [0.15, 0.2) is 98.6 Å². The quantitative estimate of drug-likeness (QED) is 0.231. The largest absolute Gasteiger partial charge is 0.497 e. The van der Waals surface area contributed by atoms with E-state index in [1.807, 2.05) is 59.2 Å². The van der Waals surface area contributed by atoms with E-state index >= 15 is 0 Å². The molecule has 0 saturated carbocycles. The van der Waals surface area contributed by atoms with Gasteiger partial charge in [-0.25, -0.2) is 4.99 Å². The van der Waals surface area contributed by atoms with Crippen molar-refractivity contribution in [2.75, 3.05) is 7.11 Å². The minimum Gasteiger partial charge on any atom is -0.497 e. The number of ether oxygens (including phenoxy) is 1. The Bertz CT molecular complexity index is 2000. The summed E-state index contributed by atoms with van der Waals surface area (Å²) in [6, 6.07) is 25.1. The van der Waals surface area contributed by atoms with Crippen molar-refractivity contribution in [1.82, 2.24) is 4.57 Å². The Balaban J connectivity index is 1.39. The van der Waals surface area contributed by atoms with Gasteiger partial charge in [0.15, 0.2) is 4.80 Å². The first kappa shape index (κ1) is 25.1. The molecule has 0 radical (unpaired) electrons. The fourth-order valence-electron chi connectivity index (χ4n) is 5.51. The molecule has 0 fully saturated rings. The molecule has 0 saturated heterocycles. The summed E-state index contributed by atoms with van der Waals surface area (Å²) in [6.45, 7) is 0. The van der Waals surface area contributed by atoms with Gasteiger partial charge in [0.05, 0.1) is 33.4 Å². The second-order valence-corrected chi connectivity index (χ2v) is 11.5. The van der Waals surface area contributed by atoms with Gasteiger partial charge in [0.25, 0.3) is 5.56 Å². The first-order valence-electron chi connectivity index (χ1n) is 12.8. The number of allylic oxidation sites excluding steroid dienone is 1. The highest BCUT2D eigenvalue weighted by Crippen LogP contribution is 2.41. The molecule has 0 spiro atoms. The van der Waals surface area contributed by atoms with Gasteiger partial charge in [-0.05, 0) is 65.9 Å². The number of furan rings is 1. The Labute approximate surface area is 243 Å². The second kappa shape index (κ2) is 9.97. The lowest BCUT2D eigenvalue weighted by molar-refractivity contribution is 0.414. The molecule has 2 aromatic heterocycles. The van der Waals surface area contributed by atoms with Crippen LogP contribution in [0.3, 0.4) is 0 Å². The van der Waals surface area contributed by atoms with E-state index in [4.69, 9.17) is 37.3 Å². The predicted molar refractivity (Wildman–Crippen MR) is 160 cm³/mol. The predicted octanol–water partition coefficient (Wildman–Crippen LogP) is 6.89. The molecule has 1 atom stereocenters. The van der Waals surface area contributed by atoms with Gasteiger partial charge in [-0.15, -0.1) is 0 Å². The maximum absolute atomic E-state index is 14.0. The molecule has 0 N–H and O–H groups in total. The van der Waals surface area contributed by atoms with Crippen molar-refractivity contribution in [1.29, 1.82) is 0 Å². The average Bonchev–Trinajstić information content (AvgIpc) is 3.57. The zero-order valence-corrected chi connectivity index (χ0v) is 23.7. The molecule has 3 aromatic carbocycles. The molecule has 2 aliphatic rings. The summed E-state index contributed by atoms with van der Waals surface area (Å²) < 4.78 is 13.8. The van der Waals surface area contributed by atoms with Gasteiger partial charge in [0, 0.05) is 17.2 Å². The first-order valence-corrected chi connectivity index (χ1v) is 14.4. The van der Waals surface area contributed by atoms with Crippen LogP contribution in [0.1, 0.15) is 34.9 Å². The first-order chi connectivity index (χ1) is 19.5. The molecule has 198 valence electrons. The number of methoxy groups -OCH3 is 1. The number of hydrogen-bond acceptors (Lipinski definition) is 5. The van der Waals surface area contributed by atoms with Crippen LogP contribution in [0.5, 0.6) is 5.75 Å². The average molecular weight is 586 g/mol. The Morgan fingerprint density at radius 3 is 2.60 bits per heavy atom. The van der Waals surface area contributed by atoms with Crippen LogP contribution in [-0.2, 0) is 6.42 Å². The number of nitrogens with zero attached hydrogens (tertiary/aromatic N) is 2. The van der Waals surface area contributed by atoms with Crippen LogP contribution < -0.4 is 19.6 Å². The monoisotopic (exact) mass is 584 g/mol. The number of hydrogen-bond donors (Lipinski definition) is 0. The van der Waals surface area contributed by atoms with Gasteiger partial charge >= 0.3 is 0 Å². The Kier molecular flexibility index (Phi) is 6.27. The van der Waals surface area contributed by atoms with Gasteiger partial charge in [0.1, 0.15) is 17.3 Å². The van der Waals surface area contributed by atoms with Gasteiger partial charge in [-0.1, -0.05) is 77.0 Å². The number of aromatic nitrogens is 1. The number of rotatable bonds is 4. The standard InChI is InChI=1S/C32H22Cl2N2O3S/c1-38-20-12-9-19(10-13-20)30-24-15-11-18-5-2-3-6-22(18)29(24)35-32-36(30)31(37)27(40-32)17-21-14-16-26(39-21)23-7-4-8-25(33)28(23)34/h2-10,12-14,16-17,30H,11,15H2,1H3/b27-17-/t30-/m0/s1. The maximum Gasteiger partial charge on any atom is 0.271 e. The zero-order chi connectivity index (χ0) is 27.4. The van der Waals surface area contributed by atoms with Crippen molar-refractivity contribution in [2.24, 2.45) is 4.99 Å². The number of fused-ring (bicyclic) bond motifs is 3. The third-order valence-electron chi connectivity index (χ3n) is 7.42. The van der Waals surface area contributed by atoms with E-state index in [1.54, 1.807) is 19.3 Å². The lowest BCUT2D eigenvalue weighted by Gasteiger charge is -2.30. The molecular formula is C32H22Cl2N2O3S. The van der Waals surface area contributed by atoms with Crippen molar-refractivity contribution in [3.05, 3.63) is 137 Å². The highest BCUT2D eigenvalue weighted by Gasteiger charge is 2.32. The fraction of sp³-hybridized carbons (Fsp3) is 0.125. The summed E-state index contributed by atoms with van der Waals surface area (Å²) in [5.74, 6) is 1.90. The molecule has 1 aliphatic heterocycles. The Hall–Kier alpha value is -3.84. The number of thiazole rings is 1. The summed E-state index contributed by atoms with van der Waals surface area (Å²) in [6.07, 6.45) is 3.51. The third kappa shape index (κ3) is 4.15. The minimum absolute atomic E-state index is 0.103. The van der Waals surface area contributed by atoms with Crippen LogP contribution in [0.2, 0.25) is 10.0 Å². The van der Waals surface area contributed by atoms with Crippen LogP contribution in [0, 0.1) is 0 Å².